The minimum Gasteiger partial charge on any atom is -0.495 e. The topological polar surface area (TPSA) is 148 Å². The molecule has 2 aromatic heterocycles. The van der Waals surface area contributed by atoms with E-state index in [9.17, 15) is 0 Å². The van der Waals surface area contributed by atoms with Gasteiger partial charge in [0.1, 0.15) is 23.1 Å². The van der Waals surface area contributed by atoms with E-state index < -0.39 is 0 Å². The summed E-state index contributed by atoms with van der Waals surface area (Å²) in [7, 11) is 3.03. The van der Waals surface area contributed by atoms with Crippen molar-refractivity contribution in [2.75, 3.05) is 45.0 Å². The maximum Gasteiger partial charge on any atom is 0.204 e. The summed E-state index contributed by atoms with van der Waals surface area (Å²) in [5.74, 6) is 2.14. The molecule has 5 N–H and O–H groups in total. The van der Waals surface area contributed by atoms with E-state index in [1.165, 1.54) is 33.5 Å². The van der Waals surface area contributed by atoms with Crippen LogP contribution in [0.25, 0.3) is 22.3 Å². The summed E-state index contributed by atoms with van der Waals surface area (Å²) in [5, 5.41) is 4.72. The van der Waals surface area contributed by atoms with E-state index >= 15 is 0 Å². The molecule has 41 heavy (non-hydrogen) atoms. The molecule has 12 heteroatoms. The Kier molecular flexibility index (Phi) is 15.8. The first-order valence-electron chi connectivity index (χ1n) is 13.1. The first-order chi connectivity index (χ1) is 19.5. The molecule has 0 bridgehead atoms. The zero-order valence-electron chi connectivity index (χ0n) is 24.7. The largest absolute Gasteiger partial charge is 0.495 e. The summed E-state index contributed by atoms with van der Waals surface area (Å²) in [4.78, 5) is 22.0. The van der Waals surface area contributed by atoms with Gasteiger partial charge in [-0.3, -0.25) is 4.79 Å². The Labute approximate surface area is 252 Å². The number of aromatic nitrogens is 3. The second-order valence-corrected chi connectivity index (χ2v) is 10.7. The predicted octanol–water partition coefficient (Wildman–Crippen LogP) is 6.54. The van der Waals surface area contributed by atoms with Gasteiger partial charge >= 0.3 is 0 Å². The number of pyridine rings is 1. The first-order valence-corrected chi connectivity index (χ1v) is 13.8. The number of benzene rings is 1. The Balaban J connectivity index is 0.000000586. The van der Waals surface area contributed by atoms with Crippen LogP contribution in [-0.4, -0.2) is 55.3 Å². The average Bonchev–Trinajstić information content (AvgIpc) is 2.94. The number of fused-ring (bicyclic) bond motifs is 1. The third-order valence-electron chi connectivity index (χ3n) is 5.26. The molecule has 1 aliphatic heterocycles. The lowest BCUT2D eigenvalue weighted by atomic mass is 9.97. The van der Waals surface area contributed by atoms with Crippen molar-refractivity contribution in [1.82, 2.24) is 15.0 Å². The molecule has 1 fully saturated rings. The second kappa shape index (κ2) is 18.2. The van der Waals surface area contributed by atoms with Crippen LogP contribution in [-0.2, 0) is 9.53 Å². The number of methoxy groups -OCH3 is 2. The van der Waals surface area contributed by atoms with Crippen molar-refractivity contribution in [3.63, 3.8) is 0 Å². The van der Waals surface area contributed by atoms with Gasteiger partial charge in [-0.15, -0.1) is 6.58 Å². The minimum atomic E-state index is 0.0322. The second-order valence-electron chi connectivity index (χ2n) is 9.94. The lowest BCUT2D eigenvalue weighted by Gasteiger charge is -2.20. The predicted molar refractivity (Wildman–Crippen MR) is 169 cm³/mol. The van der Waals surface area contributed by atoms with Crippen LogP contribution < -0.4 is 26.3 Å². The summed E-state index contributed by atoms with van der Waals surface area (Å²) in [6.07, 6.45) is 7.53. The van der Waals surface area contributed by atoms with Gasteiger partial charge in [0, 0.05) is 31.2 Å². The summed E-state index contributed by atoms with van der Waals surface area (Å²) < 4.78 is 15.8. The van der Waals surface area contributed by atoms with E-state index in [1.807, 2.05) is 6.92 Å². The molecule has 4 rings (SSSR count). The van der Waals surface area contributed by atoms with Gasteiger partial charge < -0.3 is 31.0 Å². The van der Waals surface area contributed by atoms with Crippen molar-refractivity contribution in [3.8, 4) is 22.9 Å². The number of rotatable bonds is 5. The first kappa shape index (κ1) is 35.7. The highest BCUT2D eigenvalue weighted by atomic mass is 35.5. The Bertz CT molecular complexity index is 1220. The third kappa shape index (κ3) is 11.6. The molecule has 226 valence electrons. The fraction of sp³-hybridized carbons (Fsp3) is 0.448. The number of amides is 1. The SMILES string of the molecule is C1CCOCC1.C=CC.COc1cc(OC)c(Cl)c(-c2nc(NCC(C)(C)C)c3cc(N)ncc3n2)c1Cl.NC=O. The van der Waals surface area contributed by atoms with Crippen LogP contribution >= 0.6 is 23.2 Å². The molecule has 1 aliphatic rings. The fourth-order valence-corrected chi connectivity index (χ4v) is 4.08. The lowest BCUT2D eigenvalue weighted by Crippen LogP contribution is -2.20. The summed E-state index contributed by atoms with van der Waals surface area (Å²) in [6.45, 7) is 14.3. The number of hydrogen-bond acceptors (Lipinski definition) is 9. The van der Waals surface area contributed by atoms with E-state index in [4.69, 9.17) is 52.9 Å². The average molecular weight is 610 g/mol. The van der Waals surface area contributed by atoms with Crippen LogP contribution in [0.1, 0.15) is 47.0 Å². The van der Waals surface area contributed by atoms with Gasteiger partial charge in [0.25, 0.3) is 0 Å². The monoisotopic (exact) mass is 608 g/mol. The fourth-order valence-electron chi connectivity index (χ4n) is 3.41. The number of nitrogens with two attached hydrogens (primary N) is 2. The van der Waals surface area contributed by atoms with Crippen LogP contribution in [0.5, 0.6) is 11.5 Å². The number of nitrogen functional groups attached to an aromatic ring is 1. The third-order valence-corrected chi connectivity index (χ3v) is 6.01. The van der Waals surface area contributed by atoms with Crippen molar-refractivity contribution >= 4 is 52.2 Å². The quantitative estimate of drug-likeness (QED) is 0.217. The molecule has 3 heterocycles. The van der Waals surface area contributed by atoms with E-state index in [2.05, 4.69) is 48.4 Å². The molecule has 10 nitrogen and oxygen atoms in total. The number of primary amides is 1. The highest BCUT2D eigenvalue weighted by Crippen LogP contribution is 2.45. The van der Waals surface area contributed by atoms with Crippen molar-refractivity contribution in [1.29, 1.82) is 0 Å². The van der Waals surface area contributed by atoms with Gasteiger partial charge in [-0.25, -0.2) is 15.0 Å². The van der Waals surface area contributed by atoms with Gasteiger partial charge in [0.05, 0.1) is 41.5 Å². The van der Waals surface area contributed by atoms with Crippen LogP contribution in [0.15, 0.2) is 31.0 Å². The molecule has 0 spiro atoms. The van der Waals surface area contributed by atoms with Crippen molar-refractivity contribution in [3.05, 3.63) is 41.0 Å². The molecule has 0 atom stereocenters. The van der Waals surface area contributed by atoms with E-state index in [0.717, 1.165) is 18.6 Å². The number of nitrogens with one attached hydrogen (secondary N) is 1. The molecular formula is C29H42Cl2N6O4. The summed E-state index contributed by atoms with van der Waals surface area (Å²) in [6, 6.07) is 3.36. The zero-order chi connectivity index (χ0) is 31.0. The van der Waals surface area contributed by atoms with Crippen LogP contribution in [0.4, 0.5) is 11.6 Å². The van der Waals surface area contributed by atoms with E-state index in [-0.39, 0.29) is 11.8 Å². The Morgan fingerprint density at radius 1 is 1.07 bits per heavy atom. The van der Waals surface area contributed by atoms with Gasteiger partial charge in [0.15, 0.2) is 5.82 Å². The van der Waals surface area contributed by atoms with Gasteiger partial charge in [-0.05, 0) is 37.7 Å². The number of anilines is 2. The minimum absolute atomic E-state index is 0.0322. The van der Waals surface area contributed by atoms with Crippen molar-refractivity contribution in [2.45, 2.75) is 47.0 Å². The number of halogens is 2. The standard InChI is InChI=1S/C20H23Cl2N5O2.C5H10O.C3H6.CH3NO/c1-20(2,3)9-25-18-10-6-14(23)24-8-11(10)26-19(27-18)15-16(21)12(28-4)7-13(29-5)17(15)22;1-2-4-6-5-3-1;1-3-2;2-1-3/h6-8H,9H2,1-5H3,(H2,23,24)(H,25,26,27);1-5H2;3H,1H2,2H3;1H,(H2,2,3). The molecule has 1 aromatic carbocycles. The van der Waals surface area contributed by atoms with Crippen molar-refractivity contribution < 1.29 is 19.0 Å². The number of nitrogens with zero attached hydrogens (tertiary/aromatic N) is 3. The number of carbonyl (C=O) groups is 1. The van der Waals surface area contributed by atoms with Crippen molar-refractivity contribution in [2.24, 2.45) is 11.1 Å². The summed E-state index contributed by atoms with van der Waals surface area (Å²) in [5.41, 5.74) is 11.1. The molecule has 3 aromatic rings. The number of carbonyl (C=O) groups excluding carboxylic acids is 1. The summed E-state index contributed by atoms with van der Waals surface area (Å²) >= 11 is 13.1. The van der Waals surface area contributed by atoms with Crippen LogP contribution in [0.3, 0.4) is 0 Å². The normalized spacial score (nSPS) is 12.3. The maximum absolute atomic E-state index is 8.58. The Morgan fingerprint density at radius 2 is 1.61 bits per heavy atom. The highest BCUT2D eigenvalue weighted by Gasteiger charge is 2.23. The molecular weight excluding hydrogens is 567 g/mol. The lowest BCUT2D eigenvalue weighted by molar-refractivity contribution is -0.106. The van der Waals surface area contributed by atoms with Crippen LogP contribution in [0.2, 0.25) is 10.0 Å². The van der Waals surface area contributed by atoms with Gasteiger partial charge in [-0.1, -0.05) is 50.0 Å². The molecule has 0 saturated carbocycles. The molecule has 1 amide bonds. The number of allylic oxidation sites excluding steroid dienone is 1. The maximum atomic E-state index is 8.58. The van der Waals surface area contributed by atoms with Crippen LogP contribution in [0, 0.1) is 5.41 Å². The Morgan fingerprint density at radius 3 is 2.02 bits per heavy atom. The number of hydrogen-bond donors (Lipinski definition) is 3. The molecule has 0 unspecified atom stereocenters. The Hall–Kier alpha value is -3.34. The number of ether oxygens (including phenoxy) is 3. The zero-order valence-corrected chi connectivity index (χ0v) is 26.2. The highest BCUT2D eigenvalue weighted by molar-refractivity contribution is 6.41. The van der Waals surface area contributed by atoms with E-state index in [1.54, 1.807) is 24.4 Å². The molecule has 0 radical (unpaired) electrons. The van der Waals surface area contributed by atoms with E-state index in [0.29, 0.717) is 56.6 Å². The molecule has 1 saturated heterocycles. The smallest absolute Gasteiger partial charge is 0.204 e. The molecule has 0 aliphatic carbocycles. The van der Waals surface area contributed by atoms with Gasteiger partial charge in [0.2, 0.25) is 6.41 Å². The van der Waals surface area contributed by atoms with Gasteiger partial charge in [-0.2, -0.15) is 0 Å².